The van der Waals surface area contributed by atoms with Gasteiger partial charge in [0.2, 0.25) is 0 Å². The van der Waals surface area contributed by atoms with E-state index in [1.165, 1.54) is 6.07 Å². The molecule has 1 atom stereocenters. The molecule has 0 aliphatic carbocycles. The van der Waals surface area contributed by atoms with Crippen molar-refractivity contribution >= 4 is 11.7 Å². The third-order valence-corrected chi connectivity index (χ3v) is 3.97. The lowest BCUT2D eigenvalue weighted by Crippen LogP contribution is -2.40. The molecule has 0 radical (unpaired) electrons. The van der Waals surface area contributed by atoms with Crippen molar-refractivity contribution in [2.75, 3.05) is 0 Å². The SMILES string of the molecule is CC(C)[C@@H](NC(=O)NCc1ccccc1F)c1nnc2ccccn12. The van der Waals surface area contributed by atoms with Crippen LogP contribution in [0.5, 0.6) is 0 Å². The van der Waals surface area contributed by atoms with Crippen LogP contribution in [-0.4, -0.2) is 20.6 Å². The van der Waals surface area contributed by atoms with Crippen LogP contribution < -0.4 is 10.6 Å². The maximum absolute atomic E-state index is 13.6. The zero-order valence-corrected chi connectivity index (χ0v) is 14.1. The first kappa shape index (κ1) is 16.9. The fourth-order valence-corrected chi connectivity index (χ4v) is 2.61. The quantitative estimate of drug-likeness (QED) is 0.749. The fourth-order valence-electron chi connectivity index (χ4n) is 2.61. The third kappa shape index (κ3) is 3.76. The van der Waals surface area contributed by atoms with Crippen molar-refractivity contribution in [2.24, 2.45) is 5.92 Å². The summed E-state index contributed by atoms with van der Waals surface area (Å²) in [4.78, 5) is 12.3. The van der Waals surface area contributed by atoms with E-state index >= 15 is 0 Å². The number of benzene rings is 1. The van der Waals surface area contributed by atoms with Gasteiger partial charge in [0.05, 0.1) is 6.04 Å². The summed E-state index contributed by atoms with van der Waals surface area (Å²) in [6.45, 7) is 4.10. The summed E-state index contributed by atoms with van der Waals surface area (Å²) in [5.74, 6) is 0.421. The zero-order chi connectivity index (χ0) is 17.8. The Morgan fingerprint density at radius 3 is 2.68 bits per heavy atom. The van der Waals surface area contributed by atoms with E-state index in [0.29, 0.717) is 11.4 Å². The van der Waals surface area contributed by atoms with E-state index in [9.17, 15) is 9.18 Å². The van der Waals surface area contributed by atoms with Crippen molar-refractivity contribution in [3.05, 3.63) is 65.9 Å². The zero-order valence-electron chi connectivity index (χ0n) is 14.1. The molecule has 0 unspecified atom stereocenters. The molecule has 0 aliphatic heterocycles. The molecule has 2 heterocycles. The number of nitrogens with one attached hydrogen (secondary N) is 2. The number of urea groups is 1. The molecule has 0 bridgehead atoms. The predicted molar refractivity (Wildman–Crippen MR) is 92.3 cm³/mol. The smallest absolute Gasteiger partial charge is 0.315 e. The number of amides is 2. The van der Waals surface area contributed by atoms with Gasteiger partial charge in [0.15, 0.2) is 11.5 Å². The number of halogens is 1. The Kier molecular flexibility index (Phi) is 4.92. The molecule has 2 aromatic heterocycles. The van der Waals surface area contributed by atoms with Crippen LogP contribution in [0.4, 0.5) is 9.18 Å². The Labute approximate surface area is 145 Å². The van der Waals surface area contributed by atoms with E-state index in [2.05, 4.69) is 20.8 Å². The Hall–Kier alpha value is -2.96. The molecule has 0 fully saturated rings. The highest BCUT2D eigenvalue weighted by molar-refractivity contribution is 5.74. The normalized spacial score (nSPS) is 12.3. The number of hydrogen-bond donors (Lipinski definition) is 2. The van der Waals surface area contributed by atoms with Crippen molar-refractivity contribution < 1.29 is 9.18 Å². The van der Waals surface area contributed by atoms with Crippen molar-refractivity contribution in [1.29, 1.82) is 0 Å². The van der Waals surface area contributed by atoms with Gasteiger partial charge in [-0.1, -0.05) is 38.1 Å². The number of aromatic nitrogens is 3. The highest BCUT2D eigenvalue weighted by Crippen LogP contribution is 2.20. The maximum atomic E-state index is 13.6. The number of hydrogen-bond acceptors (Lipinski definition) is 3. The molecule has 3 aromatic rings. The molecule has 0 spiro atoms. The number of carbonyl (C=O) groups is 1. The molecule has 2 N–H and O–H groups in total. The van der Waals surface area contributed by atoms with Crippen LogP contribution in [0.25, 0.3) is 5.65 Å². The van der Waals surface area contributed by atoms with Gasteiger partial charge >= 0.3 is 6.03 Å². The van der Waals surface area contributed by atoms with Crippen LogP contribution in [0.15, 0.2) is 48.7 Å². The molecule has 3 rings (SSSR count). The number of carbonyl (C=O) groups excluding carboxylic acids is 1. The molecule has 1 aromatic carbocycles. The number of nitrogens with zero attached hydrogens (tertiary/aromatic N) is 3. The number of rotatable bonds is 5. The van der Waals surface area contributed by atoms with Gasteiger partial charge in [0, 0.05) is 18.3 Å². The average Bonchev–Trinajstić information content (AvgIpc) is 3.02. The monoisotopic (exact) mass is 341 g/mol. The summed E-state index contributed by atoms with van der Waals surface area (Å²) in [5.41, 5.74) is 1.16. The van der Waals surface area contributed by atoms with Gasteiger partial charge in [-0.3, -0.25) is 4.40 Å². The topological polar surface area (TPSA) is 71.3 Å². The van der Waals surface area contributed by atoms with Crippen LogP contribution >= 0.6 is 0 Å². The van der Waals surface area contributed by atoms with Gasteiger partial charge in [-0.05, 0) is 24.1 Å². The highest BCUT2D eigenvalue weighted by Gasteiger charge is 2.23. The molecule has 25 heavy (non-hydrogen) atoms. The molecular weight excluding hydrogens is 321 g/mol. The van der Waals surface area contributed by atoms with E-state index in [1.807, 2.05) is 42.6 Å². The van der Waals surface area contributed by atoms with Crippen LogP contribution in [0.2, 0.25) is 0 Å². The molecular formula is C18H20FN5O. The van der Waals surface area contributed by atoms with Gasteiger partial charge in [0.25, 0.3) is 0 Å². The molecule has 7 heteroatoms. The summed E-state index contributed by atoms with van der Waals surface area (Å²) in [5, 5.41) is 13.9. The van der Waals surface area contributed by atoms with Crippen LogP contribution in [0, 0.1) is 11.7 Å². The van der Waals surface area contributed by atoms with Gasteiger partial charge < -0.3 is 10.6 Å². The summed E-state index contributed by atoms with van der Waals surface area (Å²) in [6.07, 6.45) is 1.86. The predicted octanol–water partition coefficient (Wildman–Crippen LogP) is 3.06. The third-order valence-electron chi connectivity index (χ3n) is 3.97. The molecule has 0 aliphatic rings. The standard InChI is InChI=1S/C18H20FN5O/c1-12(2)16(17-23-22-15-9-5-6-10-24(15)17)21-18(25)20-11-13-7-3-4-8-14(13)19/h3-10,12,16H,11H2,1-2H3,(H2,20,21,25)/t16-/m1/s1. The van der Waals surface area contributed by atoms with Gasteiger partial charge in [0.1, 0.15) is 5.82 Å². The van der Waals surface area contributed by atoms with Gasteiger partial charge in [-0.15, -0.1) is 10.2 Å². The molecule has 130 valence electrons. The van der Waals surface area contributed by atoms with Crippen molar-refractivity contribution in [1.82, 2.24) is 25.2 Å². The average molecular weight is 341 g/mol. The first-order chi connectivity index (χ1) is 12.1. The summed E-state index contributed by atoms with van der Waals surface area (Å²) in [7, 11) is 0. The van der Waals surface area contributed by atoms with Crippen LogP contribution in [0.3, 0.4) is 0 Å². The van der Waals surface area contributed by atoms with E-state index in [0.717, 1.165) is 5.65 Å². The van der Waals surface area contributed by atoms with Crippen LogP contribution in [-0.2, 0) is 6.54 Å². The lowest BCUT2D eigenvalue weighted by Gasteiger charge is -2.21. The Bertz CT molecular complexity index is 877. The van der Waals surface area contributed by atoms with E-state index in [4.69, 9.17) is 0 Å². The van der Waals surface area contributed by atoms with Crippen molar-refractivity contribution in [2.45, 2.75) is 26.4 Å². The minimum atomic E-state index is -0.380. The maximum Gasteiger partial charge on any atom is 0.315 e. The minimum absolute atomic E-state index is 0.104. The Morgan fingerprint density at radius 2 is 1.92 bits per heavy atom. The largest absolute Gasteiger partial charge is 0.334 e. The minimum Gasteiger partial charge on any atom is -0.334 e. The fraction of sp³-hybridized carbons (Fsp3) is 0.278. The lowest BCUT2D eigenvalue weighted by molar-refractivity contribution is 0.231. The second kappa shape index (κ2) is 7.29. The summed E-state index contributed by atoms with van der Waals surface area (Å²) < 4.78 is 15.5. The number of fused-ring (bicyclic) bond motifs is 1. The summed E-state index contributed by atoms with van der Waals surface area (Å²) >= 11 is 0. The van der Waals surface area contributed by atoms with Gasteiger partial charge in [-0.2, -0.15) is 0 Å². The molecule has 2 amide bonds. The first-order valence-electron chi connectivity index (χ1n) is 8.13. The van der Waals surface area contributed by atoms with Crippen molar-refractivity contribution in [3.8, 4) is 0 Å². The lowest BCUT2D eigenvalue weighted by atomic mass is 10.0. The Balaban J connectivity index is 1.72. The van der Waals surface area contributed by atoms with Gasteiger partial charge in [-0.25, -0.2) is 9.18 Å². The van der Waals surface area contributed by atoms with Crippen molar-refractivity contribution in [3.63, 3.8) is 0 Å². The highest BCUT2D eigenvalue weighted by atomic mass is 19.1. The second-order valence-electron chi connectivity index (χ2n) is 6.13. The second-order valence-corrected chi connectivity index (χ2v) is 6.13. The van der Waals surface area contributed by atoms with E-state index in [1.54, 1.807) is 18.2 Å². The number of pyridine rings is 1. The molecule has 0 saturated heterocycles. The Morgan fingerprint density at radius 1 is 1.16 bits per heavy atom. The molecule has 0 saturated carbocycles. The van der Waals surface area contributed by atoms with E-state index in [-0.39, 0.29) is 30.4 Å². The molecule has 6 nitrogen and oxygen atoms in total. The summed E-state index contributed by atoms with van der Waals surface area (Å²) in [6, 6.07) is 11.3. The first-order valence-corrected chi connectivity index (χ1v) is 8.13. The van der Waals surface area contributed by atoms with E-state index < -0.39 is 0 Å². The van der Waals surface area contributed by atoms with Crippen LogP contribution in [0.1, 0.15) is 31.3 Å².